The fraction of sp³-hybridized carbons (Fsp3) is 0.0952. The topological polar surface area (TPSA) is 38.7 Å². The second-order valence-electron chi connectivity index (χ2n) is 6.57. The van der Waals surface area contributed by atoms with Gasteiger partial charge in [-0.25, -0.2) is 9.97 Å². The molecule has 0 amide bonds. The maximum Gasteiger partial charge on any atom is 0.115 e. The van der Waals surface area contributed by atoms with E-state index in [2.05, 4.69) is 63.5 Å². The van der Waals surface area contributed by atoms with E-state index >= 15 is 0 Å². The Hall–Kier alpha value is -3.07. The van der Waals surface area contributed by atoms with Crippen LogP contribution in [-0.4, -0.2) is 15.0 Å². The monoisotopic (exact) mass is 307 g/mol. The van der Waals surface area contributed by atoms with Crippen molar-refractivity contribution in [3.05, 3.63) is 101 Å². The Bertz CT molecular complexity index is 1050. The number of nitrogens with zero attached hydrogens (tertiary/aromatic N) is 3. The summed E-state index contributed by atoms with van der Waals surface area (Å²) in [7, 11) is 0. The molecule has 2 heterocycles. The van der Waals surface area contributed by atoms with Crippen LogP contribution in [0.15, 0.2) is 67.3 Å². The minimum absolute atomic E-state index is 0.125. The van der Waals surface area contributed by atoms with Crippen LogP contribution in [0.3, 0.4) is 0 Å². The molecule has 2 unspecified atom stereocenters. The lowest BCUT2D eigenvalue weighted by Crippen LogP contribution is -2.18. The zero-order valence-electron chi connectivity index (χ0n) is 12.8. The standard InChI is InChI=1S/C21H13N3/c1-2-4-13-8-16-15(7-12(13)3-1)19-14-5-6-23-18(9-14)20(16)17-10-22-11-24-21(17)19/h1-11,19-20H. The number of aromatic nitrogens is 3. The first kappa shape index (κ1) is 12.4. The summed E-state index contributed by atoms with van der Waals surface area (Å²) in [6, 6.07) is 17.6. The van der Waals surface area contributed by atoms with Crippen molar-refractivity contribution in [3.8, 4) is 0 Å². The molecule has 0 spiro atoms. The van der Waals surface area contributed by atoms with E-state index in [0.717, 1.165) is 11.4 Å². The van der Waals surface area contributed by atoms with E-state index in [0.29, 0.717) is 0 Å². The lowest BCUT2D eigenvalue weighted by atomic mass is 9.74. The first-order chi connectivity index (χ1) is 11.9. The highest BCUT2D eigenvalue weighted by atomic mass is 14.8. The van der Waals surface area contributed by atoms with Crippen LogP contribution in [0.4, 0.5) is 0 Å². The first-order valence-electron chi connectivity index (χ1n) is 8.18. The molecule has 0 saturated heterocycles. The number of hydrogen-bond donors (Lipinski definition) is 0. The van der Waals surface area contributed by atoms with E-state index in [1.807, 2.05) is 12.4 Å². The predicted molar refractivity (Wildman–Crippen MR) is 92.1 cm³/mol. The van der Waals surface area contributed by atoms with E-state index in [4.69, 9.17) is 0 Å². The number of pyridine rings is 1. The van der Waals surface area contributed by atoms with Crippen LogP contribution >= 0.6 is 0 Å². The molecule has 0 saturated carbocycles. The SMILES string of the molecule is c1ccc2cc3c(cc2c1)C1c2cc(ccn2)C3c2ncncc21. The van der Waals surface area contributed by atoms with Gasteiger partial charge in [0.05, 0.1) is 23.2 Å². The summed E-state index contributed by atoms with van der Waals surface area (Å²) in [4.78, 5) is 13.6. The molecule has 24 heavy (non-hydrogen) atoms. The average molecular weight is 307 g/mol. The Kier molecular flexibility index (Phi) is 2.20. The van der Waals surface area contributed by atoms with Crippen molar-refractivity contribution in [2.75, 3.05) is 0 Å². The first-order valence-corrected chi connectivity index (χ1v) is 8.18. The quantitative estimate of drug-likeness (QED) is 0.425. The van der Waals surface area contributed by atoms with Crippen LogP contribution in [0, 0.1) is 0 Å². The molecule has 2 aromatic carbocycles. The van der Waals surface area contributed by atoms with Gasteiger partial charge in [-0.3, -0.25) is 4.98 Å². The third-order valence-electron chi connectivity index (χ3n) is 5.36. The molecule has 3 aliphatic carbocycles. The second-order valence-corrected chi connectivity index (χ2v) is 6.57. The number of rotatable bonds is 0. The average Bonchev–Trinajstić information content (AvgIpc) is 2.78. The van der Waals surface area contributed by atoms with Crippen LogP contribution in [0.5, 0.6) is 0 Å². The van der Waals surface area contributed by atoms with Gasteiger partial charge in [0, 0.05) is 18.0 Å². The zero-order valence-corrected chi connectivity index (χ0v) is 12.8. The second kappa shape index (κ2) is 4.26. The van der Waals surface area contributed by atoms with Crippen LogP contribution in [0.25, 0.3) is 10.8 Å². The van der Waals surface area contributed by atoms with E-state index in [1.165, 1.54) is 33.0 Å². The fourth-order valence-corrected chi connectivity index (χ4v) is 4.36. The molecular weight excluding hydrogens is 294 g/mol. The van der Waals surface area contributed by atoms with Crippen LogP contribution in [0.2, 0.25) is 0 Å². The van der Waals surface area contributed by atoms with E-state index in [-0.39, 0.29) is 11.8 Å². The van der Waals surface area contributed by atoms with Gasteiger partial charge in [0.25, 0.3) is 0 Å². The predicted octanol–water partition coefficient (Wildman–Crippen LogP) is 4.01. The Morgan fingerprint density at radius 2 is 1.54 bits per heavy atom. The van der Waals surface area contributed by atoms with Gasteiger partial charge in [-0.2, -0.15) is 0 Å². The van der Waals surface area contributed by atoms with Crippen molar-refractivity contribution in [2.24, 2.45) is 0 Å². The van der Waals surface area contributed by atoms with Crippen LogP contribution in [0.1, 0.15) is 45.5 Å². The summed E-state index contributed by atoms with van der Waals surface area (Å²) in [5.74, 6) is 0.294. The maximum atomic E-state index is 4.67. The zero-order chi connectivity index (χ0) is 15.7. The van der Waals surface area contributed by atoms with Crippen molar-refractivity contribution in [1.82, 2.24) is 15.0 Å². The molecule has 2 aromatic heterocycles. The molecule has 4 aromatic rings. The van der Waals surface area contributed by atoms with Gasteiger partial charge in [-0.1, -0.05) is 24.3 Å². The van der Waals surface area contributed by atoms with Crippen molar-refractivity contribution in [3.63, 3.8) is 0 Å². The van der Waals surface area contributed by atoms with Crippen LogP contribution in [-0.2, 0) is 0 Å². The summed E-state index contributed by atoms with van der Waals surface area (Å²) in [5.41, 5.74) is 7.39. The normalized spacial score (nSPS) is 19.7. The van der Waals surface area contributed by atoms with Gasteiger partial charge in [-0.15, -0.1) is 0 Å². The summed E-state index contributed by atoms with van der Waals surface area (Å²) in [5, 5.41) is 2.55. The minimum Gasteiger partial charge on any atom is -0.260 e. The van der Waals surface area contributed by atoms with Crippen molar-refractivity contribution in [2.45, 2.75) is 11.8 Å². The summed E-state index contributed by atoms with van der Waals surface area (Å²) < 4.78 is 0. The van der Waals surface area contributed by atoms with E-state index in [9.17, 15) is 0 Å². The highest BCUT2D eigenvalue weighted by molar-refractivity contribution is 5.86. The van der Waals surface area contributed by atoms with Crippen molar-refractivity contribution >= 4 is 10.8 Å². The Morgan fingerprint density at radius 3 is 2.38 bits per heavy atom. The molecule has 4 bridgehead atoms. The van der Waals surface area contributed by atoms with Gasteiger partial charge in [-0.05, 0) is 51.7 Å². The lowest BCUT2D eigenvalue weighted by Gasteiger charge is -2.30. The molecule has 0 N–H and O–H groups in total. The van der Waals surface area contributed by atoms with Gasteiger partial charge >= 0.3 is 0 Å². The Morgan fingerprint density at radius 1 is 0.750 bits per heavy atom. The lowest BCUT2D eigenvalue weighted by molar-refractivity contribution is 0.793. The highest BCUT2D eigenvalue weighted by Gasteiger charge is 2.39. The smallest absolute Gasteiger partial charge is 0.115 e. The molecular formula is C21H13N3. The minimum atomic E-state index is 0.125. The van der Waals surface area contributed by atoms with E-state index < -0.39 is 0 Å². The Balaban J connectivity index is 1.80. The molecule has 7 rings (SSSR count). The molecule has 2 atom stereocenters. The maximum absolute atomic E-state index is 4.67. The molecule has 3 aliphatic rings. The summed E-state index contributed by atoms with van der Waals surface area (Å²) >= 11 is 0. The van der Waals surface area contributed by atoms with Gasteiger partial charge < -0.3 is 0 Å². The molecule has 0 radical (unpaired) electrons. The molecule has 0 fully saturated rings. The number of benzene rings is 2. The molecule has 3 heteroatoms. The van der Waals surface area contributed by atoms with Crippen molar-refractivity contribution in [1.29, 1.82) is 0 Å². The third-order valence-corrected chi connectivity index (χ3v) is 5.36. The van der Waals surface area contributed by atoms with Crippen LogP contribution < -0.4 is 0 Å². The molecule has 0 aliphatic heterocycles. The summed E-state index contributed by atoms with van der Waals surface area (Å²) in [6.07, 6.45) is 5.56. The largest absolute Gasteiger partial charge is 0.260 e. The summed E-state index contributed by atoms with van der Waals surface area (Å²) in [6.45, 7) is 0. The Labute approximate surface area is 139 Å². The van der Waals surface area contributed by atoms with Gasteiger partial charge in [0.1, 0.15) is 6.33 Å². The third kappa shape index (κ3) is 1.44. The fourth-order valence-electron chi connectivity index (χ4n) is 4.36. The molecule has 112 valence electrons. The van der Waals surface area contributed by atoms with Gasteiger partial charge in [0.15, 0.2) is 0 Å². The highest BCUT2D eigenvalue weighted by Crippen LogP contribution is 2.51. The van der Waals surface area contributed by atoms with Crippen molar-refractivity contribution < 1.29 is 0 Å². The molecule has 3 nitrogen and oxygen atoms in total. The van der Waals surface area contributed by atoms with E-state index in [1.54, 1.807) is 6.33 Å². The number of hydrogen-bond acceptors (Lipinski definition) is 3. The number of fused-ring (bicyclic) bond motifs is 1. The van der Waals surface area contributed by atoms with Gasteiger partial charge in [0.2, 0.25) is 0 Å².